The molecular weight excluding hydrogens is 532 g/mol. The Morgan fingerprint density at radius 1 is 0.927 bits per heavy atom. The minimum absolute atomic E-state index is 0.00198. The number of Topliss-reactive ketones (excluding diaryl/α,β-unsaturated/α-hetero) is 1. The van der Waals surface area contributed by atoms with Gasteiger partial charge in [0.2, 0.25) is 0 Å². The molecule has 3 aromatic carbocycles. The van der Waals surface area contributed by atoms with E-state index in [0.29, 0.717) is 16.7 Å². The molecule has 1 amide bonds. The molecule has 0 spiro atoms. The highest BCUT2D eigenvalue weighted by molar-refractivity contribution is 6.41. The monoisotopic (exact) mass is 562 g/mol. The van der Waals surface area contributed by atoms with Gasteiger partial charge in [0.05, 0.1) is 30.7 Å². The number of rotatable bonds is 9. The van der Waals surface area contributed by atoms with Crippen molar-refractivity contribution in [3.63, 3.8) is 0 Å². The first kappa shape index (κ1) is 30.5. The zero-order chi connectivity index (χ0) is 30.3. The van der Waals surface area contributed by atoms with E-state index in [4.69, 9.17) is 9.47 Å². The van der Waals surface area contributed by atoms with Crippen molar-refractivity contribution in [3.8, 4) is 11.1 Å². The van der Waals surface area contributed by atoms with E-state index in [0.717, 1.165) is 18.1 Å². The van der Waals surface area contributed by atoms with Gasteiger partial charge in [0.25, 0.3) is 11.5 Å². The highest BCUT2D eigenvalue weighted by Gasteiger charge is 2.34. The first-order valence-corrected chi connectivity index (χ1v) is 12.6. The topological polar surface area (TPSA) is 142 Å². The van der Waals surface area contributed by atoms with E-state index in [1.165, 1.54) is 18.2 Å². The Kier molecular flexibility index (Phi) is 9.56. The SMILES string of the molecule is CCOC(=O)c1cccc([N+](=O)[O-])c1N(Cc1ccc(-c2ccccc2)c(C(=O)C(=O)OC)c1)C(=O)OC(C)(C)C. The van der Waals surface area contributed by atoms with Crippen LogP contribution in [0.1, 0.15) is 54.0 Å². The molecule has 0 atom stereocenters. The third-order valence-corrected chi connectivity index (χ3v) is 5.72. The zero-order valence-electron chi connectivity index (χ0n) is 23.3. The number of amides is 1. The van der Waals surface area contributed by atoms with Gasteiger partial charge < -0.3 is 14.2 Å². The van der Waals surface area contributed by atoms with Crippen LogP contribution in [0.25, 0.3) is 11.1 Å². The fourth-order valence-electron chi connectivity index (χ4n) is 4.02. The summed E-state index contributed by atoms with van der Waals surface area (Å²) < 4.78 is 15.3. The van der Waals surface area contributed by atoms with E-state index in [1.54, 1.807) is 70.2 Å². The van der Waals surface area contributed by atoms with Crippen molar-refractivity contribution in [3.05, 3.63) is 93.5 Å². The number of para-hydroxylation sites is 1. The first-order valence-electron chi connectivity index (χ1n) is 12.6. The Labute approximate surface area is 236 Å². The molecular formula is C30H30N2O9. The summed E-state index contributed by atoms with van der Waals surface area (Å²) in [5.74, 6) is -2.89. The van der Waals surface area contributed by atoms with Crippen LogP contribution in [-0.2, 0) is 25.5 Å². The van der Waals surface area contributed by atoms with Gasteiger partial charge in [-0.3, -0.25) is 19.8 Å². The van der Waals surface area contributed by atoms with Crippen molar-refractivity contribution in [2.75, 3.05) is 18.6 Å². The normalized spacial score (nSPS) is 10.9. The predicted molar refractivity (Wildman–Crippen MR) is 150 cm³/mol. The largest absolute Gasteiger partial charge is 0.463 e. The number of hydrogen-bond donors (Lipinski definition) is 0. The van der Waals surface area contributed by atoms with Gasteiger partial charge in [-0.05, 0) is 56.5 Å². The summed E-state index contributed by atoms with van der Waals surface area (Å²) in [7, 11) is 1.09. The number of anilines is 1. The van der Waals surface area contributed by atoms with E-state index in [1.807, 2.05) is 0 Å². The molecule has 3 aromatic rings. The molecule has 214 valence electrons. The van der Waals surface area contributed by atoms with Gasteiger partial charge in [-0.2, -0.15) is 0 Å². The summed E-state index contributed by atoms with van der Waals surface area (Å²) in [6.07, 6.45) is -0.981. The fraction of sp³-hybridized carbons (Fsp3) is 0.267. The maximum absolute atomic E-state index is 13.5. The number of hydrogen-bond acceptors (Lipinski definition) is 9. The lowest BCUT2D eigenvalue weighted by Crippen LogP contribution is -2.38. The van der Waals surface area contributed by atoms with Crippen LogP contribution in [-0.4, -0.2) is 48.1 Å². The van der Waals surface area contributed by atoms with Crippen LogP contribution in [0.15, 0.2) is 66.7 Å². The number of methoxy groups -OCH3 is 1. The van der Waals surface area contributed by atoms with Crippen molar-refractivity contribution < 1.29 is 38.3 Å². The number of benzene rings is 3. The van der Waals surface area contributed by atoms with E-state index in [-0.39, 0.29) is 30.0 Å². The van der Waals surface area contributed by atoms with Crippen LogP contribution in [0, 0.1) is 10.1 Å². The molecule has 0 saturated heterocycles. The number of nitro groups is 1. The Balaban J connectivity index is 2.24. The second kappa shape index (κ2) is 12.9. The van der Waals surface area contributed by atoms with Crippen LogP contribution >= 0.6 is 0 Å². The Hall–Kier alpha value is -5.06. The highest BCUT2D eigenvalue weighted by atomic mass is 16.6. The molecule has 11 nitrogen and oxygen atoms in total. The third-order valence-electron chi connectivity index (χ3n) is 5.72. The van der Waals surface area contributed by atoms with Crippen LogP contribution in [0.2, 0.25) is 0 Å². The van der Waals surface area contributed by atoms with Crippen molar-refractivity contribution >= 4 is 35.2 Å². The number of carbonyl (C=O) groups excluding carboxylic acids is 4. The van der Waals surface area contributed by atoms with Crippen LogP contribution < -0.4 is 4.90 Å². The van der Waals surface area contributed by atoms with E-state index in [2.05, 4.69) is 4.74 Å². The van der Waals surface area contributed by atoms with Crippen LogP contribution in [0.3, 0.4) is 0 Å². The lowest BCUT2D eigenvalue weighted by molar-refractivity contribution is -0.384. The van der Waals surface area contributed by atoms with Crippen molar-refractivity contribution in [2.24, 2.45) is 0 Å². The average molecular weight is 563 g/mol. The molecule has 0 aromatic heterocycles. The van der Waals surface area contributed by atoms with Gasteiger partial charge in [-0.15, -0.1) is 0 Å². The Bertz CT molecular complexity index is 1480. The summed E-state index contributed by atoms with van der Waals surface area (Å²) in [4.78, 5) is 63.9. The van der Waals surface area contributed by atoms with Crippen molar-refractivity contribution in [1.29, 1.82) is 0 Å². The summed E-state index contributed by atoms with van der Waals surface area (Å²) in [6, 6.07) is 17.2. The molecule has 11 heteroatoms. The molecule has 0 fully saturated rings. The van der Waals surface area contributed by atoms with E-state index in [9.17, 15) is 29.3 Å². The quantitative estimate of drug-likeness (QED) is 0.0797. The zero-order valence-corrected chi connectivity index (χ0v) is 23.3. The van der Waals surface area contributed by atoms with Gasteiger partial charge in [0.15, 0.2) is 0 Å². The lowest BCUT2D eigenvalue weighted by Gasteiger charge is -2.28. The predicted octanol–water partition coefficient (Wildman–Crippen LogP) is 5.74. The number of nitrogens with zero attached hydrogens (tertiary/aromatic N) is 2. The third kappa shape index (κ3) is 7.33. The molecule has 41 heavy (non-hydrogen) atoms. The van der Waals surface area contributed by atoms with Crippen LogP contribution in [0.5, 0.6) is 0 Å². The Morgan fingerprint density at radius 2 is 1.61 bits per heavy atom. The number of carbonyl (C=O) groups is 4. The van der Waals surface area contributed by atoms with Gasteiger partial charge in [-0.1, -0.05) is 48.5 Å². The molecule has 0 unspecified atom stereocenters. The standard InChI is InChI=1S/C30H30N2O9/c1-6-40-27(34)22-13-10-14-24(32(37)38)25(22)31(29(36)41-30(2,3)4)18-19-15-16-21(20-11-8-7-9-12-20)23(17-19)26(33)28(35)39-5/h7-17H,6,18H2,1-5H3. The molecule has 0 radical (unpaired) electrons. The highest BCUT2D eigenvalue weighted by Crippen LogP contribution is 2.36. The summed E-state index contributed by atoms with van der Waals surface area (Å²) in [5.41, 5.74) is -0.685. The molecule has 0 bridgehead atoms. The minimum atomic E-state index is -1.09. The molecule has 0 aliphatic rings. The minimum Gasteiger partial charge on any atom is -0.463 e. The second-order valence-electron chi connectivity index (χ2n) is 9.78. The molecule has 0 aliphatic heterocycles. The number of nitro benzene ring substituents is 1. The van der Waals surface area contributed by atoms with Gasteiger partial charge in [0, 0.05) is 11.6 Å². The second-order valence-corrected chi connectivity index (χ2v) is 9.78. The van der Waals surface area contributed by atoms with E-state index < -0.39 is 40.0 Å². The fourth-order valence-corrected chi connectivity index (χ4v) is 4.02. The van der Waals surface area contributed by atoms with Gasteiger partial charge in [0.1, 0.15) is 11.3 Å². The molecule has 0 heterocycles. The van der Waals surface area contributed by atoms with Crippen LogP contribution in [0.4, 0.5) is 16.2 Å². The summed E-state index contributed by atoms with van der Waals surface area (Å²) in [5, 5.41) is 12.1. The number of esters is 2. The maximum atomic E-state index is 13.5. The van der Waals surface area contributed by atoms with Crippen molar-refractivity contribution in [2.45, 2.75) is 39.8 Å². The van der Waals surface area contributed by atoms with Crippen molar-refractivity contribution in [1.82, 2.24) is 0 Å². The first-order chi connectivity index (χ1) is 19.4. The summed E-state index contributed by atoms with van der Waals surface area (Å²) in [6.45, 7) is 6.08. The summed E-state index contributed by atoms with van der Waals surface area (Å²) >= 11 is 0. The molecule has 3 rings (SSSR count). The number of ketones is 1. The average Bonchev–Trinajstić information content (AvgIpc) is 2.94. The molecule has 0 aliphatic carbocycles. The lowest BCUT2D eigenvalue weighted by atomic mass is 9.94. The van der Waals surface area contributed by atoms with Gasteiger partial charge in [-0.25, -0.2) is 14.4 Å². The smallest absolute Gasteiger partial charge is 0.415 e. The number of ether oxygens (including phenoxy) is 3. The van der Waals surface area contributed by atoms with E-state index >= 15 is 0 Å². The van der Waals surface area contributed by atoms with Gasteiger partial charge >= 0.3 is 18.0 Å². The maximum Gasteiger partial charge on any atom is 0.415 e. The Morgan fingerprint density at radius 3 is 2.20 bits per heavy atom. The molecule has 0 saturated carbocycles. The molecule has 0 N–H and O–H groups in total.